The lowest BCUT2D eigenvalue weighted by Crippen LogP contribution is -2.24. The van der Waals surface area contributed by atoms with Gasteiger partial charge in [0.1, 0.15) is 0 Å². The van der Waals surface area contributed by atoms with E-state index in [1.165, 1.54) is 0 Å². The molecule has 0 fully saturated rings. The number of benzene rings is 1. The van der Waals surface area contributed by atoms with E-state index in [1.54, 1.807) is 30.5 Å². The van der Waals surface area contributed by atoms with E-state index in [0.717, 1.165) is 10.9 Å². The second kappa shape index (κ2) is 6.95. The van der Waals surface area contributed by atoms with Crippen LogP contribution in [-0.4, -0.2) is 38.1 Å². The van der Waals surface area contributed by atoms with Gasteiger partial charge in [-0.1, -0.05) is 12.1 Å². The Morgan fingerprint density at radius 2 is 2.00 bits per heavy atom. The molecule has 9 heteroatoms. The van der Waals surface area contributed by atoms with Crippen molar-refractivity contribution in [2.24, 2.45) is 0 Å². The number of fused-ring (bicyclic) bond motifs is 1. The Morgan fingerprint density at radius 1 is 1.26 bits per heavy atom. The number of aromatic amines is 1. The van der Waals surface area contributed by atoms with Gasteiger partial charge < -0.3 is 20.1 Å². The molecule has 124 valence electrons. The number of aromatic nitrogens is 1. The van der Waals surface area contributed by atoms with Gasteiger partial charge in [0.05, 0.1) is 6.16 Å². The summed E-state index contributed by atoms with van der Waals surface area (Å²) in [5.41, 5.74) is 1.32. The third-order valence-electron chi connectivity index (χ3n) is 3.24. The van der Waals surface area contributed by atoms with E-state index in [2.05, 4.69) is 4.98 Å². The SMILES string of the molecule is O=C(O)CCC(OP(=O)(O)Cc1cccc2[nH]ccc12)C(=O)O. The zero-order chi connectivity index (χ0) is 17.0. The average molecular weight is 341 g/mol. The standard InChI is InChI=1S/C14H16NO7P/c16-13(17)5-4-12(14(18)19)22-23(20,21)8-9-2-1-3-11-10(9)6-7-15-11/h1-3,6-7,12,15H,4-5,8H2,(H,16,17)(H,18,19)(H,20,21). The third-order valence-corrected chi connectivity index (χ3v) is 4.57. The van der Waals surface area contributed by atoms with E-state index in [-0.39, 0.29) is 12.6 Å². The maximum atomic E-state index is 12.2. The summed E-state index contributed by atoms with van der Waals surface area (Å²) in [7, 11) is -4.25. The maximum Gasteiger partial charge on any atom is 0.333 e. The Kier molecular flexibility index (Phi) is 5.20. The molecule has 8 nitrogen and oxygen atoms in total. The van der Waals surface area contributed by atoms with Crippen molar-refractivity contribution < 1.29 is 33.8 Å². The molecule has 0 radical (unpaired) electrons. The number of carbonyl (C=O) groups is 2. The molecule has 0 saturated carbocycles. The molecule has 1 aromatic carbocycles. The fourth-order valence-corrected chi connectivity index (χ4v) is 3.59. The quantitative estimate of drug-likeness (QED) is 0.540. The largest absolute Gasteiger partial charge is 0.481 e. The fourth-order valence-electron chi connectivity index (χ4n) is 2.22. The molecule has 0 aliphatic rings. The van der Waals surface area contributed by atoms with E-state index in [9.17, 15) is 19.0 Å². The second-order valence-electron chi connectivity index (χ2n) is 5.02. The van der Waals surface area contributed by atoms with Crippen LogP contribution in [0.2, 0.25) is 0 Å². The number of carboxylic acids is 2. The first-order chi connectivity index (χ1) is 10.8. The van der Waals surface area contributed by atoms with E-state index < -0.39 is 32.1 Å². The van der Waals surface area contributed by atoms with Gasteiger partial charge in [-0.25, -0.2) is 4.79 Å². The molecule has 2 unspecified atom stereocenters. The van der Waals surface area contributed by atoms with Crippen LogP contribution in [0.5, 0.6) is 0 Å². The van der Waals surface area contributed by atoms with Crippen LogP contribution >= 0.6 is 7.60 Å². The van der Waals surface area contributed by atoms with Crippen LogP contribution in [0.25, 0.3) is 10.9 Å². The van der Waals surface area contributed by atoms with Crippen molar-refractivity contribution in [3.05, 3.63) is 36.0 Å². The van der Waals surface area contributed by atoms with Crippen molar-refractivity contribution in [1.29, 1.82) is 0 Å². The number of H-pyrrole nitrogens is 1. The summed E-state index contributed by atoms with van der Waals surface area (Å²) in [5, 5.41) is 18.3. The Bertz CT molecular complexity index is 769. The van der Waals surface area contributed by atoms with Crippen molar-refractivity contribution in [1.82, 2.24) is 4.98 Å². The summed E-state index contributed by atoms with van der Waals surface area (Å²) >= 11 is 0. The fraction of sp³-hybridized carbons (Fsp3) is 0.286. The summed E-state index contributed by atoms with van der Waals surface area (Å²) in [4.78, 5) is 34.5. The number of hydrogen-bond donors (Lipinski definition) is 4. The van der Waals surface area contributed by atoms with Crippen molar-refractivity contribution in [3.8, 4) is 0 Å². The van der Waals surface area contributed by atoms with E-state index >= 15 is 0 Å². The number of nitrogens with one attached hydrogen (secondary N) is 1. The van der Waals surface area contributed by atoms with Crippen LogP contribution in [0.3, 0.4) is 0 Å². The zero-order valence-electron chi connectivity index (χ0n) is 12.0. The molecule has 1 aromatic heterocycles. The van der Waals surface area contributed by atoms with Gasteiger partial charge in [-0.15, -0.1) is 0 Å². The van der Waals surface area contributed by atoms with Gasteiger partial charge in [-0.2, -0.15) is 0 Å². The molecule has 0 spiro atoms. The first-order valence-electron chi connectivity index (χ1n) is 6.78. The Balaban J connectivity index is 2.14. The van der Waals surface area contributed by atoms with Gasteiger partial charge >= 0.3 is 19.5 Å². The topological polar surface area (TPSA) is 137 Å². The van der Waals surface area contributed by atoms with E-state index in [4.69, 9.17) is 14.7 Å². The summed E-state index contributed by atoms with van der Waals surface area (Å²) in [6.45, 7) is 0. The molecule has 2 aromatic rings. The molecule has 0 aliphatic heterocycles. The average Bonchev–Trinajstić information content (AvgIpc) is 2.92. The molecule has 1 heterocycles. The van der Waals surface area contributed by atoms with Crippen molar-refractivity contribution in [2.75, 3.05) is 0 Å². The van der Waals surface area contributed by atoms with Gasteiger partial charge in [0, 0.05) is 23.5 Å². The molecular weight excluding hydrogens is 325 g/mol. The Morgan fingerprint density at radius 3 is 2.65 bits per heavy atom. The molecule has 0 aliphatic carbocycles. The maximum absolute atomic E-state index is 12.2. The number of aliphatic carboxylic acids is 2. The van der Waals surface area contributed by atoms with Gasteiger partial charge in [0.15, 0.2) is 6.10 Å². The van der Waals surface area contributed by atoms with Crippen LogP contribution in [-0.2, 0) is 24.8 Å². The monoisotopic (exact) mass is 341 g/mol. The molecule has 2 atom stereocenters. The van der Waals surface area contributed by atoms with Crippen molar-refractivity contribution >= 4 is 30.4 Å². The molecule has 4 N–H and O–H groups in total. The van der Waals surface area contributed by atoms with Crippen molar-refractivity contribution in [2.45, 2.75) is 25.1 Å². The Labute approximate surface area is 131 Å². The van der Waals surface area contributed by atoms with Gasteiger partial charge in [0.2, 0.25) is 0 Å². The first-order valence-corrected chi connectivity index (χ1v) is 8.54. The van der Waals surface area contributed by atoms with Gasteiger partial charge in [0.25, 0.3) is 0 Å². The highest BCUT2D eigenvalue weighted by Crippen LogP contribution is 2.48. The number of hydrogen-bond acceptors (Lipinski definition) is 4. The molecule has 23 heavy (non-hydrogen) atoms. The van der Waals surface area contributed by atoms with Crippen LogP contribution in [0.4, 0.5) is 0 Å². The zero-order valence-corrected chi connectivity index (χ0v) is 12.9. The lowest BCUT2D eigenvalue weighted by atomic mass is 10.1. The van der Waals surface area contributed by atoms with Gasteiger partial charge in [-0.3, -0.25) is 13.9 Å². The minimum Gasteiger partial charge on any atom is -0.481 e. The normalized spacial score (nSPS) is 15.2. The highest BCUT2D eigenvalue weighted by Gasteiger charge is 2.30. The molecule has 2 rings (SSSR count). The minimum absolute atomic E-state index is 0.362. The molecule has 0 amide bonds. The number of rotatable bonds is 8. The number of carboxylic acid groups (broad SMARTS) is 2. The smallest absolute Gasteiger partial charge is 0.333 e. The summed E-state index contributed by atoms with van der Waals surface area (Å²) in [6, 6.07) is 6.89. The lowest BCUT2D eigenvalue weighted by Gasteiger charge is -2.18. The lowest BCUT2D eigenvalue weighted by molar-refractivity contribution is -0.146. The summed E-state index contributed by atoms with van der Waals surface area (Å²) in [6.07, 6.45) is -1.18. The summed E-state index contributed by atoms with van der Waals surface area (Å²) in [5.74, 6) is -2.68. The summed E-state index contributed by atoms with van der Waals surface area (Å²) < 4.78 is 17.0. The van der Waals surface area contributed by atoms with Crippen LogP contribution in [0.15, 0.2) is 30.5 Å². The van der Waals surface area contributed by atoms with Crippen LogP contribution in [0, 0.1) is 0 Å². The highest BCUT2D eigenvalue weighted by atomic mass is 31.2. The molecular formula is C14H16NO7P. The third kappa shape index (κ3) is 4.66. The molecule has 0 saturated heterocycles. The predicted molar refractivity (Wildman–Crippen MR) is 81.2 cm³/mol. The van der Waals surface area contributed by atoms with E-state index in [0.29, 0.717) is 5.56 Å². The Hall–Kier alpha value is -2.15. The van der Waals surface area contributed by atoms with Crippen molar-refractivity contribution in [3.63, 3.8) is 0 Å². The second-order valence-corrected chi connectivity index (χ2v) is 6.82. The van der Waals surface area contributed by atoms with Crippen LogP contribution < -0.4 is 0 Å². The highest BCUT2D eigenvalue weighted by molar-refractivity contribution is 7.52. The van der Waals surface area contributed by atoms with Gasteiger partial charge in [-0.05, 0) is 24.1 Å². The predicted octanol–water partition coefficient (Wildman–Crippen LogP) is 2.19. The van der Waals surface area contributed by atoms with E-state index in [1.807, 2.05) is 0 Å². The molecule has 0 bridgehead atoms. The van der Waals surface area contributed by atoms with Crippen LogP contribution in [0.1, 0.15) is 18.4 Å². The minimum atomic E-state index is -4.25. The first kappa shape index (κ1) is 17.2.